The van der Waals surface area contributed by atoms with Crippen molar-refractivity contribution in [3.63, 3.8) is 0 Å². The van der Waals surface area contributed by atoms with E-state index in [1.165, 1.54) is 165 Å². The van der Waals surface area contributed by atoms with Crippen LogP contribution in [0.25, 0.3) is 79.5 Å². The van der Waals surface area contributed by atoms with Crippen LogP contribution in [0.15, 0.2) is 158 Å². The first-order valence-corrected chi connectivity index (χ1v) is 42.5. The van der Waals surface area contributed by atoms with Crippen molar-refractivity contribution in [2.45, 2.75) is 224 Å². The van der Waals surface area contributed by atoms with E-state index in [2.05, 4.69) is 193 Å². The van der Waals surface area contributed by atoms with Crippen molar-refractivity contribution in [3.05, 3.63) is 235 Å². The third-order valence-corrected chi connectivity index (χ3v) is 27.2. The Hall–Kier alpha value is -8.26. The lowest BCUT2D eigenvalue weighted by Gasteiger charge is -2.57. The van der Waals surface area contributed by atoms with Crippen LogP contribution < -0.4 is 0 Å². The van der Waals surface area contributed by atoms with Crippen LogP contribution in [0.4, 0.5) is 0 Å². The average Bonchev–Trinajstić information content (AvgIpc) is 1.69. The Labute approximate surface area is 675 Å². The second-order valence-electron chi connectivity index (χ2n) is 35.9. The summed E-state index contributed by atoms with van der Waals surface area (Å²) in [6.07, 6.45) is 28.2. The van der Waals surface area contributed by atoms with Gasteiger partial charge in [0, 0.05) is 49.6 Å². The summed E-state index contributed by atoms with van der Waals surface area (Å²) in [4.78, 5) is 55.4. The highest BCUT2D eigenvalue weighted by molar-refractivity contribution is 6.29. The zero-order valence-corrected chi connectivity index (χ0v) is 68.4. The minimum atomic E-state index is 0.0149. The predicted molar refractivity (Wildman–Crippen MR) is 449 cm³/mol. The highest BCUT2D eigenvalue weighted by Crippen LogP contribution is 2.63. The van der Waals surface area contributed by atoms with E-state index in [0.29, 0.717) is 40.2 Å². The first-order chi connectivity index (χ1) is 53.5. The maximum atomic E-state index is 6.57. The predicted octanol–water partition coefficient (Wildman–Crippen LogP) is 24.5. The fraction of sp³-hybridized carbons (Fsp3) is 0.432. The van der Waals surface area contributed by atoms with E-state index in [9.17, 15) is 0 Å². The molecule has 22 rings (SSSR count). The Morgan fingerprint density at radius 2 is 0.694 bits per heavy atom. The van der Waals surface area contributed by atoms with Gasteiger partial charge in [-0.15, -0.1) is 0 Å². The van der Waals surface area contributed by atoms with Crippen LogP contribution in [0.1, 0.15) is 227 Å². The molecular weight excluding hydrogens is 1450 g/mol. The van der Waals surface area contributed by atoms with Crippen LogP contribution in [0, 0.1) is 35.5 Å². The van der Waals surface area contributed by atoms with E-state index in [0.717, 1.165) is 113 Å². The molecule has 568 valence electrons. The van der Waals surface area contributed by atoms with Gasteiger partial charge in [0.15, 0.2) is 34.9 Å². The lowest BCUT2D eigenvalue weighted by molar-refractivity contribution is -0.0156. The molecule has 0 aliphatic heterocycles. The van der Waals surface area contributed by atoms with Gasteiger partial charge in [0.2, 0.25) is 21.1 Å². The number of benzene rings is 7. The van der Waals surface area contributed by atoms with E-state index in [1.54, 1.807) is 0 Å². The van der Waals surface area contributed by atoms with Gasteiger partial charge >= 0.3 is 0 Å². The second-order valence-corrected chi connectivity index (χ2v) is 37.2. The molecule has 8 saturated carbocycles. The minimum Gasteiger partial charge on any atom is -0.217 e. The van der Waals surface area contributed by atoms with Gasteiger partial charge < -0.3 is 0 Å². The molecule has 0 N–H and O–H groups in total. The average molecular weight is 1550 g/mol. The Balaban J connectivity index is 0.000000108. The molecule has 111 heavy (non-hydrogen) atoms. The number of aryl methyl sites for hydroxylation is 3. The van der Waals surface area contributed by atoms with Gasteiger partial charge in [0.05, 0.1) is 0 Å². The standard InChI is InChI=1S/C26H22ClN3.C23H30ClN3.C23H22ClN3.C23H26ClN3/c1-3-26(4-2)21-13-9-8-12-19(21)20-15-14-18(16-22(20)26)24-28-23(29-25(27)30-24)17-10-6-5-7-11-17;24-21-26-19(22-7-13-1-14(8-22)3-15(2-13)9-22)25-20(27-21)23-10-16-4-17(11-23)6-18(5-16)12-23;24-23-26-21(18-13-12-15-6-1-2-8-17(15)14-18)25-22(27-23)20-11-5-9-16-7-3-4-10-19(16)20;1-22(2,3)17-11-7-15(8-12-17)19-25-20(27-21(24)26-19)16-9-13-18(14-10-16)23(4,5)6/h5-16H,3-4H2,1-2H3;13-18H,1-12H2;5,9,11-14H,1-4,6-8,10H2;7-14H,1-6H3. The molecule has 11 aromatic rings. The normalized spacial score (nSPS) is 23.2. The second kappa shape index (κ2) is 30.6. The summed E-state index contributed by atoms with van der Waals surface area (Å²) in [5, 5.41) is 1.15. The Morgan fingerprint density at radius 1 is 0.315 bits per heavy atom. The molecule has 0 amide bonds. The maximum absolute atomic E-state index is 6.57. The number of hydrogen-bond acceptors (Lipinski definition) is 12. The van der Waals surface area contributed by atoms with Gasteiger partial charge in [-0.3, -0.25) is 0 Å². The number of halogens is 4. The summed E-state index contributed by atoms with van der Waals surface area (Å²) in [6, 6.07) is 54.9. The van der Waals surface area contributed by atoms with Crippen LogP contribution >= 0.6 is 46.4 Å². The van der Waals surface area contributed by atoms with Gasteiger partial charge in [-0.05, 0) is 302 Å². The molecule has 0 saturated heterocycles. The van der Waals surface area contributed by atoms with Gasteiger partial charge in [-0.2, -0.15) is 29.9 Å². The molecule has 7 aromatic carbocycles. The number of rotatable bonds is 10. The molecule has 11 aliphatic rings. The molecule has 4 aromatic heterocycles. The van der Waals surface area contributed by atoms with E-state index < -0.39 is 0 Å². The fourth-order valence-corrected chi connectivity index (χ4v) is 22.3. The van der Waals surface area contributed by atoms with Gasteiger partial charge in [-0.1, -0.05) is 201 Å². The summed E-state index contributed by atoms with van der Waals surface area (Å²) in [5.41, 5.74) is 20.2. The Bertz CT molecular complexity index is 5070. The molecule has 0 radical (unpaired) electrons. The van der Waals surface area contributed by atoms with E-state index in [4.69, 9.17) is 71.3 Å². The van der Waals surface area contributed by atoms with Crippen LogP contribution in [0.5, 0.6) is 0 Å². The quantitative estimate of drug-likeness (QED) is 0.128. The lowest BCUT2D eigenvalue weighted by Crippen LogP contribution is -2.51. The van der Waals surface area contributed by atoms with Crippen molar-refractivity contribution in [3.8, 4) is 79.5 Å². The number of nitrogens with zero attached hydrogens (tertiary/aromatic N) is 12. The molecule has 0 spiro atoms. The summed E-state index contributed by atoms with van der Waals surface area (Å²) >= 11 is 25.4. The van der Waals surface area contributed by atoms with Crippen molar-refractivity contribution < 1.29 is 0 Å². The van der Waals surface area contributed by atoms with Gasteiger partial charge in [-0.25, -0.2) is 29.9 Å². The van der Waals surface area contributed by atoms with Crippen molar-refractivity contribution in [1.29, 1.82) is 0 Å². The molecule has 8 bridgehead atoms. The Morgan fingerprint density at radius 3 is 1.19 bits per heavy atom. The number of fused-ring (bicyclic) bond motifs is 5. The Kier molecular flexibility index (Phi) is 20.8. The van der Waals surface area contributed by atoms with Crippen molar-refractivity contribution in [1.82, 2.24) is 59.8 Å². The van der Waals surface area contributed by atoms with Gasteiger partial charge in [0.25, 0.3) is 0 Å². The van der Waals surface area contributed by atoms with Crippen LogP contribution in [-0.4, -0.2) is 59.8 Å². The van der Waals surface area contributed by atoms with Crippen LogP contribution in [-0.2, 0) is 52.8 Å². The summed E-state index contributed by atoms with van der Waals surface area (Å²) in [6.45, 7) is 17.7. The molecule has 0 unspecified atom stereocenters. The van der Waals surface area contributed by atoms with Crippen molar-refractivity contribution in [2.75, 3.05) is 0 Å². The van der Waals surface area contributed by atoms with E-state index in [1.807, 2.05) is 54.6 Å². The third kappa shape index (κ3) is 15.4. The van der Waals surface area contributed by atoms with Crippen molar-refractivity contribution in [2.24, 2.45) is 35.5 Å². The molecule has 16 heteroatoms. The zero-order chi connectivity index (χ0) is 76.6. The monoisotopic (exact) mass is 1550 g/mol. The lowest BCUT2D eigenvalue weighted by atomic mass is 9.49. The van der Waals surface area contributed by atoms with E-state index in [-0.39, 0.29) is 42.9 Å². The topological polar surface area (TPSA) is 155 Å². The zero-order valence-electron chi connectivity index (χ0n) is 65.4. The first-order valence-electron chi connectivity index (χ1n) is 41.0. The number of aromatic nitrogens is 12. The molecule has 12 nitrogen and oxygen atoms in total. The minimum absolute atomic E-state index is 0.0149. The van der Waals surface area contributed by atoms with Crippen LogP contribution in [0.2, 0.25) is 21.1 Å². The highest BCUT2D eigenvalue weighted by atomic mass is 35.5. The van der Waals surface area contributed by atoms with E-state index >= 15 is 0 Å². The fourth-order valence-electron chi connectivity index (χ4n) is 21.7. The maximum Gasteiger partial charge on any atom is 0.226 e. The molecule has 11 aliphatic carbocycles. The summed E-state index contributed by atoms with van der Waals surface area (Å²) < 4.78 is 0. The SMILES string of the molecule is CC(C)(C)c1ccc(-c2nc(Cl)nc(-c3ccc(C(C)(C)C)cc3)n2)cc1.CCC1(CC)c2ccccc2-c2ccc(-c3nc(Cl)nc(-c4ccccc4)n3)cc21.Clc1nc(-c2ccc3c(c2)CCCC3)nc(-c2cccc3c2CCCC3)n1.Clc1nc(C23CC4CC(CC(C4)C2)C3)nc(C23CC4CC(CC(C4)C2)C3)n1. The third-order valence-electron chi connectivity index (χ3n) is 26.5. The molecular formula is C95H100Cl4N12. The summed E-state index contributed by atoms with van der Waals surface area (Å²) in [7, 11) is 0. The smallest absolute Gasteiger partial charge is 0.217 e. The molecule has 4 heterocycles. The largest absolute Gasteiger partial charge is 0.226 e. The molecule has 8 fully saturated rings. The summed E-state index contributed by atoms with van der Waals surface area (Å²) in [5.74, 6) is 11.4. The highest BCUT2D eigenvalue weighted by Gasteiger charge is 2.56. The van der Waals surface area contributed by atoms with Crippen molar-refractivity contribution >= 4 is 46.4 Å². The van der Waals surface area contributed by atoms with Gasteiger partial charge in [0.1, 0.15) is 11.6 Å². The van der Waals surface area contributed by atoms with Crippen LogP contribution in [0.3, 0.4) is 0 Å². The molecule has 0 atom stereocenters. The first kappa shape index (κ1) is 75.4. The number of hydrogen-bond donors (Lipinski definition) is 0.